The number of benzene rings is 1. The molecule has 0 saturated carbocycles. The number of imide groups is 2. The first-order valence-electron chi connectivity index (χ1n) is 13.4. The molecule has 1 aromatic rings. The summed E-state index contributed by atoms with van der Waals surface area (Å²) in [5, 5.41) is 0. The Kier molecular flexibility index (Phi) is 18.7. The van der Waals surface area contributed by atoms with Crippen molar-refractivity contribution in [3.63, 3.8) is 0 Å². The van der Waals surface area contributed by atoms with Gasteiger partial charge in [-0.25, -0.2) is 4.90 Å². The summed E-state index contributed by atoms with van der Waals surface area (Å²) in [6.07, 6.45) is 9.80. The van der Waals surface area contributed by atoms with Crippen LogP contribution < -0.4 is 9.64 Å². The fourth-order valence-electron chi connectivity index (χ4n) is 3.10. The van der Waals surface area contributed by atoms with E-state index in [1.54, 1.807) is 43.3 Å². The highest BCUT2D eigenvalue weighted by Gasteiger charge is 2.24. The van der Waals surface area contributed by atoms with E-state index in [9.17, 15) is 19.2 Å². The molecule has 2 aliphatic rings. The van der Waals surface area contributed by atoms with Crippen LogP contribution in [0, 0.1) is 0 Å². The number of amides is 4. The minimum absolute atomic E-state index is 0.275. The first-order chi connectivity index (χ1) is 20.0. The summed E-state index contributed by atoms with van der Waals surface area (Å²) < 4.78 is 26.9. The molecule has 2 heterocycles. The van der Waals surface area contributed by atoms with Gasteiger partial charge in [-0.1, -0.05) is 26.0 Å². The average Bonchev–Trinajstić information content (AvgIpc) is 3.50. The monoisotopic (exact) mass is 572 g/mol. The lowest BCUT2D eigenvalue weighted by molar-refractivity contribution is -0.133. The van der Waals surface area contributed by atoms with Crippen molar-refractivity contribution in [2.75, 3.05) is 64.4 Å². The van der Waals surface area contributed by atoms with Crippen LogP contribution in [0.5, 0.6) is 5.75 Å². The van der Waals surface area contributed by atoms with Crippen LogP contribution in [0.2, 0.25) is 0 Å². The van der Waals surface area contributed by atoms with Crippen molar-refractivity contribution in [3.8, 4) is 5.75 Å². The number of carbonyl (C=O) groups is 4. The maximum absolute atomic E-state index is 11.6. The SMILES string of the molecule is C/C=C/N1C(=O)C=CC1=O.C=CCOCCOCCOCCOCCOc1ccc(N2C(=O)C=CC2=O)cc1.CC. The third kappa shape index (κ3) is 13.8. The van der Waals surface area contributed by atoms with Gasteiger partial charge in [-0.15, -0.1) is 6.58 Å². The third-order valence-corrected chi connectivity index (χ3v) is 4.89. The van der Waals surface area contributed by atoms with Gasteiger partial charge in [0.1, 0.15) is 12.4 Å². The van der Waals surface area contributed by atoms with E-state index in [-0.39, 0.29) is 23.6 Å². The van der Waals surface area contributed by atoms with E-state index in [0.717, 1.165) is 9.80 Å². The molecule has 0 bridgehead atoms. The fraction of sp³-hybridized carbons (Fsp3) is 0.400. The van der Waals surface area contributed by atoms with Gasteiger partial charge >= 0.3 is 0 Å². The van der Waals surface area contributed by atoms with E-state index >= 15 is 0 Å². The zero-order valence-corrected chi connectivity index (χ0v) is 24.0. The smallest absolute Gasteiger partial charge is 0.258 e. The number of allylic oxidation sites excluding steroid dienone is 1. The molecule has 0 fully saturated rings. The first kappa shape index (κ1) is 35.1. The maximum Gasteiger partial charge on any atom is 0.258 e. The number of carbonyl (C=O) groups excluding carboxylic acids is 4. The first-order valence-corrected chi connectivity index (χ1v) is 13.4. The highest BCUT2D eigenvalue weighted by Crippen LogP contribution is 2.22. The second-order valence-electron chi connectivity index (χ2n) is 7.75. The fourth-order valence-corrected chi connectivity index (χ4v) is 3.10. The molecule has 0 spiro atoms. The quantitative estimate of drug-likeness (QED) is 0.157. The van der Waals surface area contributed by atoms with Crippen LogP contribution in [-0.4, -0.2) is 88.0 Å². The Balaban J connectivity index is 0.000000584. The number of hydrogen-bond acceptors (Lipinski definition) is 9. The minimum Gasteiger partial charge on any atom is -0.491 e. The second kappa shape index (κ2) is 21.9. The van der Waals surface area contributed by atoms with Crippen molar-refractivity contribution in [1.82, 2.24) is 4.90 Å². The lowest BCUT2D eigenvalue weighted by Gasteiger charge is -2.14. The molecule has 0 unspecified atom stereocenters. The Bertz CT molecular complexity index is 1010. The minimum atomic E-state index is -0.344. The summed E-state index contributed by atoms with van der Waals surface area (Å²) in [6, 6.07) is 6.75. The molecule has 0 atom stereocenters. The molecule has 0 N–H and O–H groups in total. The molecule has 11 nitrogen and oxygen atoms in total. The van der Waals surface area contributed by atoms with E-state index in [0.29, 0.717) is 70.9 Å². The molecule has 3 rings (SSSR count). The van der Waals surface area contributed by atoms with E-state index in [1.165, 1.54) is 30.5 Å². The van der Waals surface area contributed by atoms with Gasteiger partial charge in [0.05, 0.1) is 58.5 Å². The molecular formula is C30H40N2O9. The van der Waals surface area contributed by atoms with Gasteiger partial charge in [-0.3, -0.25) is 24.1 Å². The number of rotatable bonds is 17. The Labute approximate surface area is 241 Å². The predicted octanol–water partition coefficient (Wildman–Crippen LogP) is 3.22. The summed E-state index contributed by atoms with van der Waals surface area (Å²) in [5.41, 5.74) is 0.513. The zero-order chi connectivity index (χ0) is 30.3. The lowest BCUT2D eigenvalue weighted by atomic mass is 10.3. The largest absolute Gasteiger partial charge is 0.491 e. The van der Waals surface area contributed by atoms with E-state index in [1.807, 2.05) is 13.8 Å². The van der Waals surface area contributed by atoms with E-state index < -0.39 is 0 Å². The van der Waals surface area contributed by atoms with Crippen LogP contribution in [0.3, 0.4) is 0 Å². The van der Waals surface area contributed by atoms with Crippen molar-refractivity contribution >= 4 is 29.3 Å². The average molecular weight is 573 g/mol. The summed E-state index contributed by atoms with van der Waals surface area (Å²) >= 11 is 0. The third-order valence-electron chi connectivity index (χ3n) is 4.89. The number of hydrogen-bond donors (Lipinski definition) is 0. The normalized spacial score (nSPS) is 13.9. The van der Waals surface area contributed by atoms with Gasteiger partial charge in [-0.2, -0.15) is 0 Å². The molecule has 0 aromatic heterocycles. The molecule has 2 aliphatic heterocycles. The topological polar surface area (TPSA) is 121 Å². The van der Waals surface area contributed by atoms with Crippen molar-refractivity contribution in [2.45, 2.75) is 20.8 Å². The van der Waals surface area contributed by atoms with Crippen LogP contribution in [0.1, 0.15) is 20.8 Å². The van der Waals surface area contributed by atoms with Crippen LogP contribution in [0.15, 0.2) is 73.5 Å². The Morgan fingerprint density at radius 3 is 1.56 bits per heavy atom. The number of ether oxygens (including phenoxy) is 5. The van der Waals surface area contributed by atoms with Gasteiger partial charge in [0, 0.05) is 30.5 Å². The number of nitrogens with zero attached hydrogens (tertiary/aromatic N) is 2. The van der Waals surface area contributed by atoms with Crippen LogP contribution in [0.25, 0.3) is 0 Å². The van der Waals surface area contributed by atoms with E-state index in [4.69, 9.17) is 23.7 Å². The summed E-state index contributed by atoms with van der Waals surface area (Å²) in [7, 11) is 0. The molecule has 4 amide bonds. The van der Waals surface area contributed by atoms with Crippen LogP contribution >= 0.6 is 0 Å². The highest BCUT2D eigenvalue weighted by molar-refractivity contribution is 6.28. The van der Waals surface area contributed by atoms with Crippen molar-refractivity contribution in [1.29, 1.82) is 0 Å². The summed E-state index contributed by atoms with van der Waals surface area (Å²) in [6.45, 7) is 13.7. The highest BCUT2D eigenvalue weighted by atomic mass is 16.6. The predicted molar refractivity (Wildman–Crippen MR) is 154 cm³/mol. The van der Waals surface area contributed by atoms with Gasteiger partial charge in [0.15, 0.2) is 0 Å². The summed E-state index contributed by atoms with van der Waals surface area (Å²) in [5.74, 6) is -0.604. The van der Waals surface area contributed by atoms with Crippen molar-refractivity contribution in [3.05, 3.63) is 73.5 Å². The Hall–Kier alpha value is -3.90. The van der Waals surface area contributed by atoms with Gasteiger partial charge < -0.3 is 23.7 Å². The lowest BCUT2D eigenvalue weighted by Crippen LogP contribution is -2.29. The van der Waals surface area contributed by atoms with E-state index in [2.05, 4.69) is 6.58 Å². The molecule has 1 aromatic carbocycles. The van der Waals surface area contributed by atoms with Crippen molar-refractivity contribution in [2.24, 2.45) is 0 Å². The Morgan fingerprint density at radius 1 is 0.659 bits per heavy atom. The molecule has 0 radical (unpaired) electrons. The van der Waals surface area contributed by atoms with Gasteiger partial charge in [0.25, 0.3) is 23.6 Å². The number of anilines is 1. The molecule has 0 aliphatic carbocycles. The molecule has 224 valence electrons. The molecular weight excluding hydrogens is 532 g/mol. The van der Waals surface area contributed by atoms with Crippen LogP contribution in [0.4, 0.5) is 5.69 Å². The Morgan fingerprint density at radius 2 is 1.10 bits per heavy atom. The standard InChI is InChI=1S/C21H27NO7.C7H7NO2.C2H6/c1-2-9-25-10-11-26-12-13-27-14-15-28-16-17-29-19-5-3-18(4-6-19)22-20(23)7-8-21(22)24;1-2-5-8-6(9)3-4-7(8)10;1-2/h2-8H,1,9-17H2;2-5H,1H3;1-2H3/b;5-2+;. The zero-order valence-electron chi connectivity index (χ0n) is 24.0. The van der Waals surface area contributed by atoms with Crippen LogP contribution in [-0.2, 0) is 38.1 Å². The van der Waals surface area contributed by atoms with Gasteiger partial charge in [-0.05, 0) is 31.2 Å². The molecule has 0 saturated heterocycles. The maximum atomic E-state index is 11.6. The summed E-state index contributed by atoms with van der Waals surface area (Å²) in [4.78, 5) is 46.9. The van der Waals surface area contributed by atoms with Gasteiger partial charge in [0.2, 0.25) is 0 Å². The second-order valence-corrected chi connectivity index (χ2v) is 7.75. The molecule has 41 heavy (non-hydrogen) atoms. The molecule has 11 heteroatoms. The van der Waals surface area contributed by atoms with Crippen molar-refractivity contribution < 1.29 is 42.9 Å².